The third-order valence-corrected chi connectivity index (χ3v) is 5.48. The Morgan fingerprint density at radius 3 is 2.38 bits per heavy atom. The molecule has 0 saturated heterocycles. The third-order valence-electron chi connectivity index (χ3n) is 2.97. The van der Waals surface area contributed by atoms with E-state index in [1.165, 1.54) is 19.2 Å². The zero-order valence-corrected chi connectivity index (χ0v) is 13.5. The van der Waals surface area contributed by atoms with Crippen LogP contribution in [0.25, 0.3) is 0 Å². The van der Waals surface area contributed by atoms with E-state index in [2.05, 4.69) is 0 Å². The van der Waals surface area contributed by atoms with Gasteiger partial charge >= 0.3 is 0 Å². The highest BCUT2D eigenvalue weighted by Crippen LogP contribution is 2.28. The van der Waals surface area contributed by atoms with Crippen LogP contribution in [-0.4, -0.2) is 20.5 Å². The van der Waals surface area contributed by atoms with E-state index >= 15 is 0 Å². The van der Waals surface area contributed by atoms with Gasteiger partial charge in [-0.15, -0.1) is 0 Å². The molecular weight excluding hydrogens is 328 g/mol. The molecule has 0 aliphatic heterocycles. The zero-order chi connectivity index (χ0) is 15.6. The minimum atomic E-state index is -3.79. The normalized spacial score (nSPS) is 11.1. The van der Waals surface area contributed by atoms with Crippen molar-refractivity contribution in [1.82, 2.24) is 0 Å². The summed E-state index contributed by atoms with van der Waals surface area (Å²) in [5, 5.41) is 0.123. The first kappa shape index (κ1) is 15.8. The Labute approximate surface area is 134 Å². The number of anilines is 1. The molecule has 0 spiro atoms. The molecule has 4 nitrogen and oxygen atoms in total. The maximum atomic E-state index is 12.7. The molecule has 0 bridgehead atoms. The second-order valence-corrected chi connectivity index (χ2v) is 7.10. The van der Waals surface area contributed by atoms with Gasteiger partial charge in [0.2, 0.25) is 0 Å². The maximum absolute atomic E-state index is 12.7. The van der Waals surface area contributed by atoms with Crippen LogP contribution in [0.2, 0.25) is 5.02 Å². The van der Waals surface area contributed by atoms with Gasteiger partial charge in [-0.2, -0.15) is 0 Å². The Hall–Kier alpha value is -1.63. The number of sulfonamides is 1. The molecule has 0 aromatic heterocycles. The molecule has 0 aliphatic carbocycles. The summed E-state index contributed by atoms with van der Waals surface area (Å²) in [4.78, 5) is 0.0892. The molecule has 110 valence electrons. The van der Waals surface area contributed by atoms with Crippen LogP contribution in [0.5, 0.6) is 0 Å². The Morgan fingerprint density at radius 1 is 1.19 bits per heavy atom. The third kappa shape index (κ3) is 3.18. The highest BCUT2D eigenvalue weighted by Gasteiger charge is 2.24. The van der Waals surface area contributed by atoms with Gasteiger partial charge in [0.15, 0.2) is 0 Å². The number of thiocarbonyl (C=S) groups is 1. The minimum Gasteiger partial charge on any atom is -0.389 e. The number of hydrogen-bond donors (Lipinski definition) is 1. The summed E-state index contributed by atoms with van der Waals surface area (Å²) in [6.07, 6.45) is 0. The van der Waals surface area contributed by atoms with Crippen molar-refractivity contribution < 1.29 is 8.42 Å². The summed E-state index contributed by atoms with van der Waals surface area (Å²) in [6.45, 7) is 0. The Balaban J connectivity index is 2.54. The average Bonchev–Trinajstić information content (AvgIpc) is 2.47. The van der Waals surface area contributed by atoms with Crippen molar-refractivity contribution in [3.8, 4) is 0 Å². The molecule has 2 N–H and O–H groups in total. The first-order valence-electron chi connectivity index (χ1n) is 5.97. The molecule has 0 amide bonds. The van der Waals surface area contributed by atoms with Crippen molar-refractivity contribution in [2.75, 3.05) is 11.4 Å². The van der Waals surface area contributed by atoms with E-state index in [0.717, 1.165) is 4.31 Å². The number of para-hydroxylation sites is 1. The number of hydrogen-bond acceptors (Lipinski definition) is 3. The molecule has 0 unspecified atom stereocenters. The van der Waals surface area contributed by atoms with Gasteiger partial charge in [0.1, 0.15) is 9.88 Å². The van der Waals surface area contributed by atoms with E-state index in [1.54, 1.807) is 30.3 Å². The summed E-state index contributed by atoms with van der Waals surface area (Å²) >= 11 is 10.9. The topological polar surface area (TPSA) is 63.4 Å². The van der Waals surface area contributed by atoms with Gasteiger partial charge in [-0.05, 0) is 24.3 Å². The van der Waals surface area contributed by atoms with Crippen LogP contribution >= 0.6 is 23.8 Å². The van der Waals surface area contributed by atoms with Gasteiger partial charge in [0.05, 0.1) is 10.7 Å². The Morgan fingerprint density at radius 2 is 1.81 bits per heavy atom. The number of rotatable bonds is 4. The lowest BCUT2D eigenvalue weighted by molar-refractivity contribution is 0.594. The number of halogens is 1. The second kappa shape index (κ2) is 6.01. The van der Waals surface area contributed by atoms with Crippen molar-refractivity contribution in [2.24, 2.45) is 5.73 Å². The highest BCUT2D eigenvalue weighted by molar-refractivity contribution is 7.93. The lowest BCUT2D eigenvalue weighted by Crippen LogP contribution is -2.27. The van der Waals surface area contributed by atoms with Crippen LogP contribution < -0.4 is 10.0 Å². The van der Waals surface area contributed by atoms with Crippen LogP contribution in [0, 0.1) is 0 Å². The fourth-order valence-corrected chi connectivity index (χ4v) is 3.60. The summed E-state index contributed by atoms with van der Waals surface area (Å²) < 4.78 is 26.5. The van der Waals surface area contributed by atoms with Crippen LogP contribution in [0.1, 0.15) is 5.56 Å². The highest BCUT2D eigenvalue weighted by atomic mass is 35.5. The molecule has 0 fully saturated rings. The van der Waals surface area contributed by atoms with Gasteiger partial charge in [-0.3, -0.25) is 4.31 Å². The van der Waals surface area contributed by atoms with E-state index in [9.17, 15) is 8.42 Å². The standard InChI is InChI=1S/C14H13ClN2O2S2/c1-17(11-5-3-2-4-6-11)21(18,19)13-9-10(14(16)20)7-8-12(13)15/h2-9H,1H3,(H2,16,20). The first-order chi connectivity index (χ1) is 9.84. The second-order valence-electron chi connectivity index (χ2n) is 4.32. The summed E-state index contributed by atoms with van der Waals surface area (Å²) in [7, 11) is -2.33. The van der Waals surface area contributed by atoms with E-state index in [4.69, 9.17) is 29.6 Å². The molecule has 2 aromatic carbocycles. The predicted octanol–water partition coefficient (Wildman–Crippen LogP) is 2.80. The number of benzene rings is 2. The molecule has 0 atom stereocenters. The summed E-state index contributed by atoms with van der Waals surface area (Å²) in [6, 6.07) is 13.2. The van der Waals surface area contributed by atoms with Gasteiger partial charge in [-0.25, -0.2) is 8.42 Å². The van der Waals surface area contributed by atoms with Crippen molar-refractivity contribution in [3.05, 3.63) is 59.1 Å². The monoisotopic (exact) mass is 340 g/mol. The van der Waals surface area contributed by atoms with E-state index in [0.29, 0.717) is 11.3 Å². The van der Waals surface area contributed by atoms with Crippen molar-refractivity contribution in [1.29, 1.82) is 0 Å². The van der Waals surface area contributed by atoms with E-state index in [-0.39, 0.29) is 14.9 Å². The molecule has 2 rings (SSSR count). The minimum absolute atomic E-state index is 0.0270. The van der Waals surface area contributed by atoms with Gasteiger partial charge in [-0.1, -0.05) is 48.1 Å². The smallest absolute Gasteiger partial charge is 0.265 e. The lowest BCUT2D eigenvalue weighted by Gasteiger charge is -2.20. The fourth-order valence-electron chi connectivity index (χ4n) is 1.78. The zero-order valence-electron chi connectivity index (χ0n) is 11.2. The molecule has 21 heavy (non-hydrogen) atoms. The molecule has 0 saturated carbocycles. The number of nitrogens with zero attached hydrogens (tertiary/aromatic N) is 1. The van der Waals surface area contributed by atoms with Gasteiger partial charge < -0.3 is 5.73 Å². The molecule has 0 aliphatic rings. The van der Waals surface area contributed by atoms with Crippen LogP contribution in [0.4, 0.5) is 5.69 Å². The van der Waals surface area contributed by atoms with E-state index in [1.807, 2.05) is 6.07 Å². The Bertz CT molecular complexity index is 777. The van der Waals surface area contributed by atoms with Gasteiger partial charge in [0.25, 0.3) is 10.0 Å². The van der Waals surface area contributed by atoms with Crippen molar-refractivity contribution >= 4 is 44.5 Å². The van der Waals surface area contributed by atoms with Crippen LogP contribution in [0.15, 0.2) is 53.4 Å². The Kier molecular flexibility index (Phi) is 4.51. The molecule has 7 heteroatoms. The molecule has 0 heterocycles. The number of nitrogens with two attached hydrogens (primary N) is 1. The van der Waals surface area contributed by atoms with Crippen molar-refractivity contribution in [2.45, 2.75) is 4.90 Å². The summed E-state index contributed by atoms with van der Waals surface area (Å²) in [5.41, 5.74) is 6.53. The summed E-state index contributed by atoms with van der Waals surface area (Å²) in [5.74, 6) is 0. The largest absolute Gasteiger partial charge is 0.389 e. The van der Waals surface area contributed by atoms with E-state index < -0.39 is 10.0 Å². The quantitative estimate of drug-likeness (QED) is 0.869. The lowest BCUT2D eigenvalue weighted by atomic mass is 10.2. The molecular formula is C14H13ClN2O2S2. The fraction of sp³-hybridized carbons (Fsp3) is 0.0714. The van der Waals surface area contributed by atoms with Gasteiger partial charge in [0, 0.05) is 12.6 Å². The maximum Gasteiger partial charge on any atom is 0.265 e. The van der Waals surface area contributed by atoms with Crippen molar-refractivity contribution in [3.63, 3.8) is 0 Å². The average molecular weight is 341 g/mol. The SMILES string of the molecule is CN(c1ccccc1)S(=O)(=O)c1cc(C(N)=S)ccc1Cl. The molecule has 2 aromatic rings. The predicted molar refractivity (Wildman–Crippen MR) is 89.4 cm³/mol. The van der Waals surface area contributed by atoms with Crippen LogP contribution in [-0.2, 0) is 10.0 Å². The van der Waals surface area contributed by atoms with Crippen LogP contribution in [0.3, 0.4) is 0 Å². The molecule has 0 radical (unpaired) electrons. The first-order valence-corrected chi connectivity index (χ1v) is 8.20.